The Hall–Kier alpha value is -1.88. The third-order valence-corrected chi connectivity index (χ3v) is 3.44. The van der Waals surface area contributed by atoms with Crippen LogP contribution in [0.5, 0.6) is 5.75 Å². The number of hydrogen-bond donors (Lipinski definition) is 1. The van der Waals surface area contributed by atoms with Crippen LogP contribution in [0.3, 0.4) is 0 Å². The lowest BCUT2D eigenvalue weighted by molar-refractivity contribution is 0.272. The van der Waals surface area contributed by atoms with Crippen molar-refractivity contribution in [3.05, 3.63) is 41.7 Å². The van der Waals surface area contributed by atoms with Crippen LogP contribution < -0.4 is 4.74 Å². The maximum Gasteiger partial charge on any atom is 0.119 e. The summed E-state index contributed by atoms with van der Waals surface area (Å²) in [6.45, 7) is 7.75. The van der Waals surface area contributed by atoms with Gasteiger partial charge in [-0.05, 0) is 25.0 Å². The SMILES string of the molecule is CC(C)(C)c1c(CO)nnn1CCCCOc1ccccc1. The van der Waals surface area contributed by atoms with Crippen LogP contribution >= 0.6 is 0 Å². The van der Waals surface area contributed by atoms with E-state index in [1.807, 2.05) is 35.0 Å². The Kier molecular flexibility index (Phi) is 5.55. The van der Waals surface area contributed by atoms with Crippen LogP contribution in [0.25, 0.3) is 0 Å². The highest BCUT2D eigenvalue weighted by atomic mass is 16.5. The van der Waals surface area contributed by atoms with Crippen LogP contribution in [-0.4, -0.2) is 26.7 Å². The second-order valence-electron chi connectivity index (χ2n) is 6.38. The Balaban J connectivity index is 1.83. The summed E-state index contributed by atoms with van der Waals surface area (Å²) in [6, 6.07) is 9.84. The van der Waals surface area contributed by atoms with E-state index in [-0.39, 0.29) is 12.0 Å². The number of hydrogen-bond acceptors (Lipinski definition) is 4. The van der Waals surface area contributed by atoms with Gasteiger partial charge in [-0.25, -0.2) is 4.68 Å². The Morgan fingerprint density at radius 3 is 2.50 bits per heavy atom. The number of aliphatic hydroxyl groups is 1. The molecule has 0 atom stereocenters. The van der Waals surface area contributed by atoms with Gasteiger partial charge in [0.1, 0.15) is 11.4 Å². The van der Waals surface area contributed by atoms with E-state index < -0.39 is 0 Å². The lowest BCUT2D eigenvalue weighted by Gasteiger charge is -2.20. The van der Waals surface area contributed by atoms with Gasteiger partial charge in [0.25, 0.3) is 0 Å². The summed E-state index contributed by atoms with van der Waals surface area (Å²) < 4.78 is 7.59. The van der Waals surface area contributed by atoms with E-state index in [0.29, 0.717) is 12.3 Å². The number of aromatic nitrogens is 3. The molecule has 0 aliphatic rings. The highest BCUT2D eigenvalue weighted by Crippen LogP contribution is 2.24. The van der Waals surface area contributed by atoms with Crippen LogP contribution in [0.4, 0.5) is 0 Å². The molecule has 2 rings (SSSR count). The Morgan fingerprint density at radius 1 is 1.14 bits per heavy atom. The molecule has 0 fully saturated rings. The highest BCUT2D eigenvalue weighted by Gasteiger charge is 2.24. The minimum absolute atomic E-state index is 0.0658. The molecule has 2 aromatic rings. The van der Waals surface area contributed by atoms with Crippen LogP contribution in [-0.2, 0) is 18.6 Å². The van der Waals surface area contributed by atoms with Crippen LogP contribution in [0.15, 0.2) is 30.3 Å². The number of ether oxygens (including phenoxy) is 1. The first kappa shape index (κ1) is 16.5. The van der Waals surface area contributed by atoms with Crippen molar-refractivity contribution >= 4 is 0 Å². The molecule has 0 spiro atoms. The van der Waals surface area contributed by atoms with Crippen molar-refractivity contribution in [2.75, 3.05) is 6.61 Å². The second-order valence-corrected chi connectivity index (χ2v) is 6.38. The van der Waals surface area contributed by atoms with Gasteiger partial charge < -0.3 is 9.84 Å². The van der Waals surface area contributed by atoms with Gasteiger partial charge in [0, 0.05) is 12.0 Å². The first-order valence-electron chi connectivity index (χ1n) is 7.74. The summed E-state index contributed by atoms with van der Waals surface area (Å²) in [6.07, 6.45) is 1.91. The standard InChI is InChI=1S/C17H25N3O2/c1-17(2,3)16-15(13-21)18-19-20(16)11-7-8-12-22-14-9-5-4-6-10-14/h4-6,9-10,21H,7-8,11-13H2,1-3H3. The zero-order chi connectivity index (χ0) is 16.0. The quantitative estimate of drug-likeness (QED) is 0.799. The number of unbranched alkanes of at least 4 members (excludes halogenated alkanes) is 1. The molecule has 1 N–H and O–H groups in total. The molecule has 0 unspecified atom stereocenters. The molecule has 0 aliphatic carbocycles. The number of benzene rings is 1. The summed E-state index contributed by atoms with van der Waals surface area (Å²) in [7, 11) is 0. The molecule has 1 heterocycles. The fourth-order valence-electron chi connectivity index (χ4n) is 2.50. The summed E-state index contributed by atoms with van der Waals surface area (Å²) in [5.41, 5.74) is 1.61. The van der Waals surface area contributed by atoms with Gasteiger partial charge in [-0.2, -0.15) is 0 Å². The van der Waals surface area contributed by atoms with Gasteiger partial charge in [-0.1, -0.05) is 44.2 Å². The van der Waals surface area contributed by atoms with E-state index >= 15 is 0 Å². The van der Waals surface area contributed by atoms with Crippen molar-refractivity contribution < 1.29 is 9.84 Å². The molecule has 120 valence electrons. The van der Waals surface area contributed by atoms with Gasteiger partial charge in [0.15, 0.2) is 0 Å². The van der Waals surface area contributed by atoms with Crippen molar-refractivity contribution in [2.24, 2.45) is 0 Å². The minimum Gasteiger partial charge on any atom is -0.494 e. The van der Waals surface area contributed by atoms with E-state index in [1.165, 1.54) is 0 Å². The maximum atomic E-state index is 9.39. The van der Waals surface area contributed by atoms with Crippen LogP contribution in [0, 0.1) is 0 Å². The number of aryl methyl sites for hydroxylation is 1. The number of rotatable bonds is 7. The Bertz CT molecular complexity index is 573. The van der Waals surface area contributed by atoms with Gasteiger partial charge in [-0.3, -0.25) is 0 Å². The summed E-state index contributed by atoms with van der Waals surface area (Å²) in [5, 5.41) is 17.6. The molecular formula is C17H25N3O2. The zero-order valence-electron chi connectivity index (χ0n) is 13.6. The number of nitrogens with zero attached hydrogens (tertiary/aromatic N) is 3. The first-order chi connectivity index (χ1) is 10.5. The van der Waals surface area contributed by atoms with Gasteiger partial charge in [0.05, 0.1) is 18.9 Å². The first-order valence-corrected chi connectivity index (χ1v) is 7.74. The fraction of sp³-hybridized carbons (Fsp3) is 0.529. The topological polar surface area (TPSA) is 60.2 Å². The molecule has 0 radical (unpaired) electrons. The van der Waals surface area contributed by atoms with Crippen LogP contribution in [0.1, 0.15) is 45.0 Å². The third kappa shape index (κ3) is 4.31. The van der Waals surface area contributed by atoms with Crippen molar-refractivity contribution in [3.63, 3.8) is 0 Å². The molecule has 22 heavy (non-hydrogen) atoms. The average molecular weight is 303 g/mol. The molecule has 1 aromatic heterocycles. The van der Waals surface area contributed by atoms with Crippen molar-refractivity contribution in [1.82, 2.24) is 15.0 Å². The highest BCUT2D eigenvalue weighted by molar-refractivity contribution is 5.21. The van der Waals surface area contributed by atoms with Crippen molar-refractivity contribution in [3.8, 4) is 5.75 Å². The maximum absolute atomic E-state index is 9.39. The van der Waals surface area contributed by atoms with Crippen molar-refractivity contribution in [1.29, 1.82) is 0 Å². The summed E-state index contributed by atoms with van der Waals surface area (Å²) >= 11 is 0. The predicted molar refractivity (Wildman–Crippen MR) is 85.8 cm³/mol. The Morgan fingerprint density at radius 2 is 1.86 bits per heavy atom. The monoisotopic (exact) mass is 303 g/mol. The minimum atomic E-state index is -0.0812. The van der Waals surface area contributed by atoms with E-state index in [9.17, 15) is 5.11 Å². The third-order valence-electron chi connectivity index (χ3n) is 3.44. The van der Waals surface area contributed by atoms with Crippen molar-refractivity contribution in [2.45, 2.75) is 52.2 Å². The summed E-state index contributed by atoms with van der Waals surface area (Å²) in [5.74, 6) is 0.904. The zero-order valence-corrected chi connectivity index (χ0v) is 13.6. The van der Waals surface area contributed by atoms with Gasteiger partial charge in [0.2, 0.25) is 0 Å². The molecular weight excluding hydrogens is 278 g/mol. The van der Waals surface area contributed by atoms with Gasteiger partial charge in [-0.15, -0.1) is 5.10 Å². The molecule has 0 saturated heterocycles. The van der Waals surface area contributed by atoms with E-state index in [2.05, 4.69) is 31.1 Å². The lowest BCUT2D eigenvalue weighted by atomic mass is 9.90. The molecule has 1 aromatic carbocycles. The number of para-hydroxylation sites is 1. The molecule has 0 aliphatic heterocycles. The molecule has 0 saturated carbocycles. The largest absolute Gasteiger partial charge is 0.494 e. The van der Waals surface area contributed by atoms with E-state index in [0.717, 1.165) is 30.8 Å². The smallest absolute Gasteiger partial charge is 0.119 e. The average Bonchev–Trinajstić information content (AvgIpc) is 2.91. The molecule has 0 bridgehead atoms. The Labute approximate surface area is 131 Å². The second kappa shape index (κ2) is 7.40. The molecule has 0 amide bonds. The molecule has 5 nitrogen and oxygen atoms in total. The van der Waals surface area contributed by atoms with E-state index in [4.69, 9.17) is 4.74 Å². The van der Waals surface area contributed by atoms with Crippen LogP contribution in [0.2, 0.25) is 0 Å². The van der Waals surface area contributed by atoms with Gasteiger partial charge >= 0.3 is 0 Å². The molecule has 5 heteroatoms. The predicted octanol–water partition coefficient (Wildman–Crippen LogP) is 2.93. The number of aliphatic hydroxyl groups excluding tert-OH is 1. The fourth-order valence-corrected chi connectivity index (χ4v) is 2.50. The normalized spacial score (nSPS) is 11.6. The summed E-state index contributed by atoms with van der Waals surface area (Å²) in [4.78, 5) is 0. The lowest BCUT2D eigenvalue weighted by Crippen LogP contribution is -2.20. The van der Waals surface area contributed by atoms with E-state index in [1.54, 1.807) is 0 Å².